The van der Waals surface area contributed by atoms with Crippen molar-refractivity contribution < 1.29 is 19.5 Å². The van der Waals surface area contributed by atoms with Gasteiger partial charge in [0.05, 0.1) is 17.7 Å². The molecule has 1 aliphatic heterocycles. The van der Waals surface area contributed by atoms with Gasteiger partial charge in [0.25, 0.3) is 11.8 Å². The van der Waals surface area contributed by atoms with Crippen LogP contribution in [0.2, 0.25) is 0 Å². The number of fused-ring (bicyclic) bond motifs is 1. The lowest BCUT2D eigenvalue weighted by atomic mass is 10.1. The van der Waals surface area contributed by atoms with Crippen molar-refractivity contribution in [2.45, 2.75) is 19.6 Å². The smallest absolute Gasteiger partial charge is 0.315 e. The zero-order valence-corrected chi connectivity index (χ0v) is 16.7. The Hall–Kier alpha value is -2.71. The number of hydrogen-bond donors (Lipinski definition) is 3. The number of imide groups is 1. The van der Waals surface area contributed by atoms with Crippen molar-refractivity contribution in [1.29, 1.82) is 0 Å². The van der Waals surface area contributed by atoms with Crippen LogP contribution in [0.15, 0.2) is 46.9 Å². The molecule has 0 unspecified atom stereocenters. The zero-order chi connectivity index (χ0) is 20.1. The standard InChI is InChI=1S/C20H20BrN3O4/c21-15-6-7-16-17(10-15)19(27)24(18(16)26)9-1-8-22-20(28)23-11-13-2-4-14(12-25)5-3-13/h2-7,10,25H,1,8-9,11-12H2,(H2,22,23,28). The summed E-state index contributed by atoms with van der Waals surface area (Å²) in [5, 5.41) is 14.5. The molecule has 146 valence electrons. The van der Waals surface area contributed by atoms with E-state index in [0.717, 1.165) is 15.6 Å². The molecule has 1 heterocycles. The first-order valence-corrected chi connectivity index (χ1v) is 9.65. The molecule has 28 heavy (non-hydrogen) atoms. The fourth-order valence-corrected chi connectivity index (χ4v) is 3.27. The van der Waals surface area contributed by atoms with E-state index in [1.165, 1.54) is 4.90 Å². The third-order valence-electron chi connectivity index (χ3n) is 4.44. The summed E-state index contributed by atoms with van der Waals surface area (Å²) in [6.07, 6.45) is 0.464. The van der Waals surface area contributed by atoms with Crippen molar-refractivity contribution in [3.8, 4) is 0 Å². The molecule has 8 heteroatoms. The number of nitrogens with zero attached hydrogens (tertiary/aromatic N) is 1. The maximum absolute atomic E-state index is 12.4. The monoisotopic (exact) mass is 445 g/mol. The second-order valence-electron chi connectivity index (χ2n) is 6.39. The molecule has 0 aliphatic carbocycles. The second kappa shape index (κ2) is 8.99. The minimum Gasteiger partial charge on any atom is -0.392 e. The Bertz CT molecular complexity index is 899. The number of rotatable bonds is 7. The van der Waals surface area contributed by atoms with E-state index in [2.05, 4.69) is 26.6 Å². The molecular weight excluding hydrogens is 426 g/mol. The van der Waals surface area contributed by atoms with Gasteiger partial charge in [0, 0.05) is 24.1 Å². The number of amides is 4. The number of halogens is 1. The Morgan fingerprint density at radius 2 is 1.64 bits per heavy atom. The number of carbonyl (C=O) groups excluding carboxylic acids is 3. The number of carbonyl (C=O) groups is 3. The largest absolute Gasteiger partial charge is 0.392 e. The summed E-state index contributed by atoms with van der Waals surface area (Å²) < 4.78 is 0.749. The van der Waals surface area contributed by atoms with E-state index in [1.807, 2.05) is 12.1 Å². The maximum atomic E-state index is 12.4. The zero-order valence-electron chi connectivity index (χ0n) is 15.1. The molecule has 2 aromatic rings. The highest BCUT2D eigenvalue weighted by atomic mass is 79.9. The number of nitrogens with one attached hydrogen (secondary N) is 2. The van der Waals surface area contributed by atoms with Crippen LogP contribution in [0.5, 0.6) is 0 Å². The van der Waals surface area contributed by atoms with Gasteiger partial charge in [-0.3, -0.25) is 14.5 Å². The Labute approximate surface area is 170 Å². The van der Waals surface area contributed by atoms with Crippen molar-refractivity contribution in [2.24, 2.45) is 0 Å². The second-order valence-corrected chi connectivity index (χ2v) is 7.31. The summed E-state index contributed by atoms with van der Waals surface area (Å²) in [5.41, 5.74) is 2.54. The summed E-state index contributed by atoms with van der Waals surface area (Å²) >= 11 is 3.30. The summed E-state index contributed by atoms with van der Waals surface area (Å²) in [5.74, 6) is -0.611. The molecule has 7 nitrogen and oxygen atoms in total. The molecule has 0 saturated heterocycles. The molecule has 3 N–H and O–H groups in total. The van der Waals surface area contributed by atoms with E-state index in [9.17, 15) is 14.4 Å². The normalized spacial score (nSPS) is 12.9. The first-order valence-electron chi connectivity index (χ1n) is 8.85. The molecule has 0 fully saturated rings. The van der Waals surface area contributed by atoms with Gasteiger partial charge in [-0.25, -0.2) is 4.79 Å². The summed E-state index contributed by atoms with van der Waals surface area (Å²) in [6, 6.07) is 12.0. The van der Waals surface area contributed by atoms with Gasteiger partial charge in [-0.05, 0) is 35.7 Å². The van der Waals surface area contributed by atoms with E-state index >= 15 is 0 Å². The van der Waals surface area contributed by atoms with E-state index in [1.54, 1.807) is 30.3 Å². The minimum absolute atomic E-state index is 0.0153. The quantitative estimate of drug-likeness (QED) is 0.450. The van der Waals surface area contributed by atoms with Crippen molar-refractivity contribution >= 4 is 33.8 Å². The summed E-state index contributed by atoms with van der Waals surface area (Å²) in [6.45, 7) is 0.933. The average molecular weight is 446 g/mol. The summed E-state index contributed by atoms with van der Waals surface area (Å²) in [4.78, 5) is 37.8. The third-order valence-corrected chi connectivity index (χ3v) is 4.93. The van der Waals surface area contributed by atoms with Gasteiger partial charge < -0.3 is 15.7 Å². The third kappa shape index (κ3) is 4.58. The molecule has 4 amide bonds. The lowest BCUT2D eigenvalue weighted by Gasteiger charge is -2.14. The van der Waals surface area contributed by atoms with Crippen molar-refractivity contribution in [3.63, 3.8) is 0 Å². The van der Waals surface area contributed by atoms with Crippen molar-refractivity contribution in [1.82, 2.24) is 15.5 Å². The topological polar surface area (TPSA) is 98.7 Å². The van der Waals surface area contributed by atoms with E-state index in [0.29, 0.717) is 30.6 Å². The van der Waals surface area contributed by atoms with Gasteiger partial charge in [-0.1, -0.05) is 40.2 Å². The molecule has 3 rings (SSSR count). The number of hydrogen-bond acceptors (Lipinski definition) is 4. The van der Waals surface area contributed by atoms with Gasteiger partial charge in [0.1, 0.15) is 0 Å². The van der Waals surface area contributed by atoms with Crippen LogP contribution in [0.25, 0.3) is 0 Å². The van der Waals surface area contributed by atoms with Gasteiger partial charge in [0.2, 0.25) is 0 Å². The van der Waals surface area contributed by atoms with Crippen LogP contribution in [-0.2, 0) is 13.2 Å². The summed E-state index contributed by atoms with van der Waals surface area (Å²) in [7, 11) is 0. The van der Waals surface area contributed by atoms with Gasteiger partial charge in [0.15, 0.2) is 0 Å². The molecular formula is C20H20BrN3O4. The van der Waals surface area contributed by atoms with Crippen LogP contribution in [0.1, 0.15) is 38.3 Å². The lowest BCUT2D eigenvalue weighted by molar-refractivity contribution is 0.0653. The van der Waals surface area contributed by atoms with E-state index in [4.69, 9.17) is 5.11 Å². The fourth-order valence-electron chi connectivity index (χ4n) is 2.91. The van der Waals surface area contributed by atoms with Gasteiger partial charge >= 0.3 is 6.03 Å². The number of aliphatic hydroxyl groups is 1. The minimum atomic E-state index is -0.322. The predicted molar refractivity (Wildman–Crippen MR) is 107 cm³/mol. The highest BCUT2D eigenvalue weighted by molar-refractivity contribution is 9.10. The van der Waals surface area contributed by atoms with Crippen LogP contribution in [0, 0.1) is 0 Å². The number of benzene rings is 2. The fraction of sp³-hybridized carbons (Fsp3) is 0.250. The van der Waals surface area contributed by atoms with E-state index in [-0.39, 0.29) is 31.0 Å². The predicted octanol–water partition coefficient (Wildman–Crippen LogP) is 2.43. The average Bonchev–Trinajstić information content (AvgIpc) is 2.94. The Balaban J connectivity index is 1.40. The van der Waals surface area contributed by atoms with Crippen LogP contribution < -0.4 is 10.6 Å². The van der Waals surface area contributed by atoms with Gasteiger partial charge in [-0.2, -0.15) is 0 Å². The highest BCUT2D eigenvalue weighted by Crippen LogP contribution is 2.25. The van der Waals surface area contributed by atoms with Crippen molar-refractivity contribution in [2.75, 3.05) is 13.1 Å². The van der Waals surface area contributed by atoms with E-state index < -0.39 is 0 Å². The number of urea groups is 1. The highest BCUT2D eigenvalue weighted by Gasteiger charge is 2.34. The van der Waals surface area contributed by atoms with Crippen LogP contribution in [-0.4, -0.2) is 40.9 Å². The lowest BCUT2D eigenvalue weighted by Crippen LogP contribution is -2.37. The molecule has 0 atom stereocenters. The van der Waals surface area contributed by atoms with Crippen LogP contribution >= 0.6 is 15.9 Å². The first-order chi connectivity index (χ1) is 13.5. The first kappa shape index (κ1) is 20.0. The Morgan fingerprint density at radius 3 is 2.36 bits per heavy atom. The SMILES string of the molecule is O=C(NCCCN1C(=O)c2ccc(Br)cc2C1=O)NCc1ccc(CO)cc1. The molecule has 0 saturated carbocycles. The van der Waals surface area contributed by atoms with Gasteiger partial charge in [-0.15, -0.1) is 0 Å². The van der Waals surface area contributed by atoms with Crippen LogP contribution in [0.4, 0.5) is 4.79 Å². The Kier molecular flexibility index (Phi) is 6.43. The van der Waals surface area contributed by atoms with Crippen molar-refractivity contribution in [3.05, 3.63) is 69.2 Å². The maximum Gasteiger partial charge on any atom is 0.315 e. The number of aliphatic hydroxyl groups excluding tert-OH is 1. The molecule has 0 radical (unpaired) electrons. The molecule has 2 aromatic carbocycles. The van der Waals surface area contributed by atoms with Crippen LogP contribution in [0.3, 0.4) is 0 Å². The molecule has 0 bridgehead atoms. The Morgan fingerprint density at radius 1 is 0.964 bits per heavy atom. The molecule has 1 aliphatic rings. The molecule has 0 spiro atoms. The molecule has 0 aromatic heterocycles.